The SMILES string of the molecule is Cl.NC1CC(n2cnc3c(NC(CO)Cc4ccccc4)nc(Cl)nc32)C(O)C1O. The molecular weight excluding hydrogens is 431 g/mol. The Bertz CT molecular complexity index is 989. The van der Waals surface area contributed by atoms with Crippen molar-refractivity contribution in [3.63, 3.8) is 0 Å². The van der Waals surface area contributed by atoms with Crippen molar-refractivity contribution in [2.75, 3.05) is 11.9 Å². The van der Waals surface area contributed by atoms with Crippen molar-refractivity contribution in [2.24, 2.45) is 5.73 Å². The number of aliphatic hydroxyl groups excluding tert-OH is 3. The summed E-state index contributed by atoms with van der Waals surface area (Å²) in [7, 11) is 0. The van der Waals surface area contributed by atoms with Gasteiger partial charge in [-0.2, -0.15) is 9.97 Å². The van der Waals surface area contributed by atoms with E-state index >= 15 is 0 Å². The normalized spacial score (nSPS) is 24.6. The number of nitrogens with zero attached hydrogens (tertiary/aromatic N) is 4. The molecule has 5 atom stereocenters. The number of nitrogens with two attached hydrogens (primary N) is 1. The number of hydrogen-bond donors (Lipinski definition) is 5. The predicted molar refractivity (Wildman–Crippen MR) is 116 cm³/mol. The van der Waals surface area contributed by atoms with Crippen molar-refractivity contribution in [3.8, 4) is 0 Å². The van der Waals surface area contributed by atoms with E-state index < -0.39 is 24.3 Å². The summed E-state index contributed by atoms with van der Waals surface area (Å²) in [5.41, 5.74) is 7.84. The van der Waals surface area contributed by atoms with Crippen LogP contribution in [-0.4, -0.2) is 65.7 Å². The lowest BCUT2D eigenvalue weighted by Gasteiger charge is -2.19. The molecule has 2 aromatic heterocycles. The van der Waals surface area contributed by atoms with Crippen LogP contribution < -0.4 is 11.1 Å². The highest BCUT2D eigenvalue weighted by Gasteiger charge is 2.41. The molecule has 0 amide bonds. The summed E-state index contributed by atoms with van der Waals surface area (Å²) in [6.07, 6.45) is 0.451. The molecule has 1 aliphatic rings. The maximum absolute atomic E-state index is 10.3. The van der Waals surface area contributed by atoms with Gasteiger partial charge in [0.25, 0.3) is 0 Å². The number of hydrogen-bond acceptors (Lipinski definition) is 8. The monoisotopic (exact) mass is 454 g/mol. The summed E-state index contributed by atoms with van der Waals surface area (Å²) in [4.78, 5) is 12.9. The zero-order valence-electron chi connectivity index (χ0n) is 16.0. The second-order valence-corrected chi connectivity index (χ2v) is 7.67. The fourth-order valence-corrected chi connectivity index (χ4v) is 3.97. The smallest absolute Gasteiger partial charge is 0.226 e. The van der Waals surface area contributed by atoms with Crippen LogP contribution in [0.4, 0.5) is 5.82 Å². The van der Waals surface area contributed by atoms with E-state index in [1.807, 2.05) is 30.3 Å². The Balaban J connectivity index is 0.00000256. The fourth-order valence-electron chi connectivity index (χ4n) is 3.80. The Kier molecular flexibility index (Phi) is 7.12. The van der Waals surface area contributed by atoms with Gasteiger partial charge in [0.05, 0.1) is 31.1 Å². The summed E-state index contributed by atoms with van der Waals surface area (Å²) in [6.45, 7) is -0.110. The minimum Gasteiger partial charge on any atom is -0.394 e. The molecule has 5 unspecified atom stereocenters. The average Bonchev–Trinajstić information content (AvgIpc) is 3.24. The van der Waals surface area contributed by atoms with Crippen molar-refractivity contribution < 1.29 is 15.3 Å². The van der Waals surface area contributed by atoms with Gasteiger partial charge in [-0.05, 0) is 30.0 Å². The first kappa shape index (κ1) is 22.7. The Morgan fingerprint density at radius 3 is 2.57 bits per heavy atom. The highest BCUT2D eigenvalue weighted by Crippen LogP contribution is 2.33. The highest BCUT2D eigenvalue weighted by atomic mass is 35.5. The van der Waals surface area contributed by atoms with Gasteiger partial charge in [-0.3, -0.25) is 0 Å². The summed E-state index contributed by atoms with van der Waals surface area (Å²) in [5.74, 6) is 0.395. The third-order valence-corrected chi connectivity index (χ3v) is 5.50. The van der Waals surface area contributed by atoms with Gasteiger partial charge in [0.15, 0.2) is 17.0 Å². The Morgan fingerprint density at radius 2 is 1.93 bits per heavy atom. The largest absolute Gasteiger partial charge is 0.394 e. The lowest BCUT2D eigenvalue weighted by Crippen LogP contribution is -2.35. The first-order chi connectivity index (χ1) is 14.0. The molecule has 3 aromatic rings. The fraction of sp³-hybridized carbons (Fsp3) is 0.421. The molecule has 1 fully saturated rings. The van der Waals surface area contributed by atoms with Crippen molar-refractivity contribution >= 4 is 41.0 Å². The molecule has 0 radical (unpaired) electrons. The average molecular weight is 455 g/mol. The molecular formula is C19H24Cl2N6O3. The van der Waals surface area contributed by atoms with Gasteiger partial charge in [-0.1, -0.05) is 30.3 Å². The molecule has 1 aliphatic carbocycles. The number of imidazole rings is 1. The molecule has 0 spiro atoms. The number of nitrogens with one attached hydrogen (secondary N) is 1. The Morgan fingerprint density at radius 1 is 1.20 bits per heavy atom. The second kappa shape index (κ2) is 9.42. The van der Waals surface area contributed by atoms with Crippen molar-refractivity contribution in [1.82, 2.24) is 19.5 Å². The van der Waals surface area contributed by atoms with Gasteiger partial charge in [0.2, 0.25) is 5.28 Å². The molecule has 11 heteroatoms. The molecule has 0 saturated heterocycles. The molecule has 1 saturated carbocycles. The molecule has 6 N–H and O–H groups in total. The lowest BCUT2D eigenvalue weighted by atomic mass is 10.1. The zero-order valence-corrected chi connectivity index (χ0v) is 17.5. The first-order valence-corrected chi connectivity index (χ1v) is 9.79. The predicted octanol–water partition coefficient (Wildman–Crippen LogP) is 0.911. The van der Waals surface area contributed by atoms with E-state index in [1.165, 1.54) is 6.33 Å². The molecule has 0 aliphatic heterocycles. The number of aliphatic hydroxyl groups is 3. The van der Waals surface area contributed by atoms with Gasteiger partial charge >= 0.3 is 0 Å². The van der Waals surface area contributed by atoms with Gasteiger partial charge < -0.3 is 30.9 Å². The first-order valence-electron chi connectivity index (χ1n) is 9.41. The van der Waals surface area contributed by atoms with E-state index in [9.17, 15) is 15.3 Å². The summed E-state index contributed by atoms with van der Waals surface area (Å²) in [6, 6.07) is 8.48. The van der Waals surface area contributed by atoms with E-state index in [-0.39, 0.29) is 30.3 Å². The van der Waals surface area contributed by atoms with Crippen LogP contribution in [0, 0.1) is 0 Å². The van der Waals surface area contributed by atoms with Crippen LogP contribution >= 0.6 is 24.0 Å². The van der Waals surface area contributed by atoms with E-state index in [4.69, 9.17) is 17.3 Å². The number of rotatable bonds is 6. The molecule has 2 heterocycles. The lowest BCUT2D eigenvalue weighted by molar-refractivity contribution is 0.0187. The van der Waals surface area contributed by atoms with E-state index in [1.54, 1.807) is 4.57 Å². The number of fused-ring (bicyclic) bond motifs is 1. The van der Waals surface area contributed by atoms with Gasteiger partial charge in [0.1, 0.15) is 6.10 Å². The third kappa shape index (κ3) is 4.36. The summed E-state index contributed by atoms with van der Waals surface area (Å²) in [5, 5.41) is 33.4. The van der Waals surface area contributed by atoms with Crippen LogP contribution in [0.1, 0.15) is 18.0 Å². The standard InChI is InChI=1S/C19H23ClN6O3.ClH/c20-19-24-17(23-11(8-27)6-10-4-2-1-3-5-10)14-18(25-19)26(9-22-14)13-7-12(21)15(28)16(13)29;/h1-5,9,11-13,15-16,27-29H,6-8,21H2,(H,23,24,25);1H. The van der Waals surface area contributed by atoms with Crippen LogP contribution in [0.5, 0.6) is 0 Å². The quantitative estimate of drug-likeness (QED) is 0.346. The topological polar surface area (TPSA) is 142 Å². The number of aromatic nitrogens is 4. The maximum atomic E-state index is 10.3. The van der Waals surface area contributed by atoms with Crippen LogP contribution in [0.2, 0.25) is 5.28 Å². The van der Waals surface area contributed by atoms with Crippen LogP contribution in [-0.2, 0) is 6.42 Å². The highest BCUT2D eigenvalue weighted by molar-refractivity contribution is 6.28. The second-order valence-electron chi connectivity index (χ2n) is 7.33. The van der Waals surface area contributed by atoms with Gasteiger partial charge in [0, 0.05) is 6.04 Å². The molecule has 1 aromatic carbocycles. The molecule has 0 bridgehead atoms. The van der Waals surface area contributed by atoms with Gasteiger partial charge in [-0.15, -0.1) is 12.4 Å². The number of anilines is 1. The minimum atomic E-state index is -1.03. The molecule has 162 valence electrons. The molecule has 9 nitrogen and oxygen atoms in total. The van der Waals surface area contributed by atoms with Crippen LogP contribution in [0.3, 0.4) is 0 Å². The van der Waals surface area contributed by atoms with Crippen molar-refractivity contribution in [2.45, 2.75) is 43.2 Å². The maximum Gasteiger partial charge on any atom is 0.226 e. The minimum absolute atomic E-state index is 0. The zero-order chi connectivity index (χ0) is 20.5. The molecule has 4 rings (SSSR count). The number of benzene rings is 1. The van der Waals surface area contributed by atoms with E-state index in [0.717, 1.165) is 5.56 Å². The van der Waals surface area contributed by atoms with E-state index in [0.29, 0.717) is 29.8 Å². The number of halogens is 2. The summed E-state index contributed by atoms with van der Waals surface area (Å²) < 4.78 is 1.67. The Labute approximate surface area is 184 Å². The Hall–Kier alpha value is -2.01. The molecule has 30 heavy (non-hydrogen) atoms. The van der Waals surface area contributed by atoms with Gasteiger partial charge in [-0.25, -0.2) is 4.98 Å². The third-order valence-electron chi connectivity index (χ3n) is 5.33. The van der Waals surface area contributed by atoms with Crippen molar-refractivity contribution in [3.05, 3.63) is 47.5 Å². The van der Waals surface area contributed by atoms with E-state index in [2.05, 4.69) is 20.3 Å². The van der Waals surface area contributed by atoms with Crippen molar-refractivity contribution in [1.29, 1.82) is 0 Å². The van der Waals surface area contributed by atoms with Crippen LogP contribution in [0.25, 0.3) is 11.2 Å². The van der Waals surface area contributed by atoms with Crippen LogP contribution in [0.15, 0.2) is 36.7 Å². The summed E-state index contributed by atoms with van der Waals surface area (Å²) >= 11 is 6.14.